The zero-order valence-corrected chi connectivity index (χ0v) is 9.57. The van der Waals surface area contributed by atoms with E-state index in [2.05, 4.69) is 12.0 Å². The second-order valence-corrected chi connectivity index (χ2v) is 4.43. The van der Waals surface area contributed by atoms with Gasteiger partial charge < -0.3 is 0 Å². The van der Waals surface area contributed by atoms with Crippen molar-refractivity contribution in [1.82, 2.24) is 5.43 Å². The quantitative estimate of drug-likeness (QED) is 0.341. The van der Waals surface area contributed by atoms with Crippen molar-refractivity contribution < 1.29 is 0 Å². The summed E-state index contributed by atoms with van der Waals surface area (Å²) in [4.78, 5) is 1.12. The summed E-state index contributed by atoms with van der Waals surface area (Å²) in [6.07, 6.45) is 5.00. The molecule has 0 saturated heterocycles. The number of halogens is 1. The largest absolute Gasteiger partial charge is 0.271 e. The van der Waals surface area contributed by atoms with Crippen LogP contribution in [0, 0.1) is 0 Å². The SMILES string of the molecule is C=CCCCC(NN)c1sccc1Cl. The Kier molecular flexibility index (Phi) is 5.19. The fourth-order valence-corrected chi connectivity index (χ4v) is 2.60. The summed E-state index contributed by atoms with van der Waals surface area (Å²) in [7, 11) is 0. The van der Waals surface area contributed by atoms with Gasteiger partial charge in [0.15, 0.2) is 0 Å². The smallest absolute Gasteiger partial charge is 0.0568 e. The maximum Gasteiger partial charge on any atom is 0.0568 e. The van der Waals surface area contributed by atoms with E-state index in [1.165, 1.54) is 0 Å². The van der Waals surface area contributed by atoms with Crippen molar-refractivity contribution in [2.45, 2.75) is 25.3 Å². The minimum Gasteiger partial charge on any atom is -0.271 e. The standard InChI is InChI=1S/C10H15ClN2S/c1-2-3-4-5-9(13-12)10-8(11)6-7-14-10/h2,6-7,9,13H,1,3-5,12H2. The van der Waals surface area contributed by atoms with E-state index in [-0.39, 0.29) is 6.04 Å². The highest BCUT2D eigenvalue weighted by Crippen LogP contribution is 2.30. The Morgan fingerprint density at radius 1 is 1.71 bits per heavy atom. The minimum atomic E-state index is 0.169. The second-order valence-electron chi connectivity index (χ2n) is 3.07. The first kappa shape index (κ1) is 11.7. The average molecular weight is 231 g/mol. The van der Waals surface area contributed by atoms with Gasteiger partial charge in [0.25, 0.3) is 0 Å². The number of unbranched alkanes of at least 4 members (excludes halogenated alkanes) is 1. The number of nitrogens with two attached hydrogens (primary N) is 1. The number of hydrazine groups is 1. The molecule has 0 radical (unpaired) electrons. The summed E-state index contributed by atoms with van der Waals surface area (Å²) >= 11 is 7.66. The molecule has 1 unspecified atom stereocenters. The van der Waals surface area contributed by atoms with Crippen LogP contribution in [-0.2, 0) is 0 Å². The minimum absolute atomic E-state index is 0.169. The molecule has 78 valence electrons. The Labute approximate surface area is 93.7 Å². The number of allylic oxidation sites excluding steroid dienone is 1. The van der Waals surface area contributed by atoms with E-state index < -0.39 is 0 Å². The van der Waals surface area contributed by atoms with Crippen LogP contribution in [0.25, 0.3) is 0 Å². The van der Waals surface area contributed by atoms with E-state index in [0.29, 0.717) is 0 Å². The molecule has 1 aromatic heterocycles. The summed E-state index contributed by atoms with van der Waals surface area (Å²) in [6, 6.07) is 2.07. The molecule has 1 atom stereocenters. The molecule has 0 aliphatic rings. The Bertz CT molecular complexity index is 285. The third-order valence-electron chi connectivity index (χ3n) is 2.06. The fourth-order valence-electron chi connectivity index (χ4n) is 1.31. The van der Waals surface area contributed by atoms with Gasteiger partial charge in [0.05, 0.1) is 11.1 Å². The molecule has 14 heavy (non-hydrogen) atoms. The molecular weight excluding hydrogens is 216 g/mol. The average Bonchev–Trinajstić information content (AvgIpc) is 2.60. The molecule has 0 aliphatic heterocycles. The van der Waals surface area contributed by atoms with Crippen molar-refractivity contribution in [3.63, 3.8) is 0 Å². The van der Waals surface area contributed by atoms with E-state index in [1.807, 2.05) is 17.5 Å². The third-order valence-corrected chi connectivity index (χ3v) is 3.54. The monoisotopic (exact) mass is 230 g/mol. The maximum absolute atomic E-state index is 6.02. The Balaban J connectivity index is 2.54. The molecule has 4 heteroatoms. The third kappa shape index (κ3) is 3.10. The summed E-state index contributed by atoms with van der Waals surface area (Å²) < 4.78 is 0. The Hall–Kier alpha value is -0.350. The molecule has 0 spiro atoms. The van der Waals surface area contributed by atoms with Crippen LogP contribution in [0.5, 0.6) is 0 Å². The first-order chi connectivity index (χ1) is 6.79. The van der Waals surface area contributed by atoms with Crippen molar-refractivity contribution in [2.75, 3.05) is 0 Å². The lowest BCUT2D eigenvalue weighted by atomic mass is 10.1. The Morgan fingerprint density at radius 2 is 2.50 bits per heavy atom. The zero-order chi connectivity index (χ0) is 10.4. The molecule has 3 N–H and O–H groups in total. The highest BCUT2D eigenvalue weighted by Gasteiger charge is 2.13. The zero-order valence-electron chi connectivity index (χ0n) is 8.00. The maximum atomic E-state index is 6.02. The molecule has 0 fully saturated rings. The van der Waals surface area contributed by atoms with Crippen LogP contribution in [0.4, 0.5) is 0 Å². The summed E-state index contributed by atoms with van der Waals surface area (Å²) in [5.74, 6) is 5.49. The van der Waals surface area contributed by atoms with Crippen LogP contribution in [0.2, 0.25) is 5.02 Å². The van der Waals surface area contributed by atoms with Crippen LogP contribution in [0.3, 0.4) is 0 Å². The highest BCUT2D eigenvalue weighted by atomic mass is 35.5. The Morgan fingerprint density at radius 3 is 3.00 bits per heavy atom. The van der Waals surface area contributed by atoms with Crippen LogP contribution >= 0.6 is 22.9 Å². The van der Waals surface area contributed by atoms with E-state index >= 15 is 0 Å². The number of hydrogen-bond acceptors (Lipinski definition) is 3. The molecule has 0 saturated carbocycles. The summed E-state index contributed by atoms with van der Waals surface area (Å²) in [5, 5.41) is 2.78. The van der Waals surface area contributed by atoms with Gasteiger partial charge in [-0.3, -0.25) is 11.3 Å². The van der Waals surface area contributed by atoms with E-state index in [1.54, 1.807) is 11.3 Å². The summed E-state index contributed by atoms with van der Waals surface area (Å²) in [5.41, 5.74) is 2.80. The molecule has 1 rings (SSSR count). The van der Waals surface area contributed by atoms with Gasteiger partial charge in [0.1, 0.15) is 0 Å². The predicted octanol–water partition coefficient (Wildman–Crippen LogP) is 3.26. The van der Waals surface area contributed by atoms with Crippen LogP contribution in [-0.4, -0.2) is 0 Å². The lowest BCUT2D eigenvalue weighted by molar-refractivity contribution is 0.508. The normalized spacial score (nSPS) is 12.7. The van der Waals surface area contributed by atoms with Gasteiger partial charge in [-0.25, -0.2) is 0 Å². The van der Waals surface area contributed by atoms with Crippen molar-refractivity contribution in [2.24, 2.45) is 5.84 Å². The van der Waals surface area contributed by atoms with E-state index in [9.17, 15) is 0 Å². The van der Waals surface area contributed by atoms with Crippen molar-refractivity contribution >= 4 is 22.9 Å². The molecule has 1 aromatic rings. The lowest BCUT2D eigenvalue weighted by Crippen LogP contribution is -2.27. The molecule has 2 nitrogen and oxygen atoms in total. The first-order valence-electron chi connectivity index (χ1n) is 4.59. The molecule has 0 amide bonds. The molecule has 0 aliphatic carbocycles. The fraction of sp³-hybridized carbons (Fsp3) is 0.400. The number of thiophene rings is 1. The van der Waals surface area contributed by atoms with Gasteiger partial charge >= 0.3 is 0 Å². The van der Waals surface area contributed by atoms with E-state index in [0.717, 1.165) is 29.2 Å². The number of hydrogen-bond donors (Lipinski definition) is 2. The van der Waals surface area contributed by atoms with Gasteiger partial charge in [0.2, 0.25) is 0 Å². The predicted molar refractivity (Wildman–Crippen MR) is 63.4 cm³/mol. The number of rotatable bonds is 6. The molecular formula is C10H15ClN2S. The lowest BCUT2D eigenvalue weighted by Gasteiger charge is -2.14. The van der Waals surface area contributed by atoms with Crippen molar-refractivity contribution in [1.29, 1.82) is 0 Å². The highest BCUT2D eigenvalue weighted by molar-refractivity contribution is 7.10. The topological polar surface area (TPSA) is 38.0 Å². The van der Waals surface area contributed by atoms with Crippen LogP contribution < -0.4 is 11.3 Å². The number of nitrogens with one attached hydrogen (secondary N) is 1. The van der Waals surface area contributed by atoms with Gasteiger partial charge in [-0.2, -0.15) is 0 Å². The van der Waals surface area contributed by atoms with Gasteiger partial charge in [-0.05, 0) is 30.7 Å². The van der Waals surface area contributed by atoms with Gasteiger partial charge in [-0.15, -0.1) is 17.9 Å². The van der Waals surface area contributed by atoms with Gasteiger partial charge in [-0.1, -0.05) is 17.7 Å². The molecule has 0 bridgehead atoms. The van der Waals surface area contributed by atoms with Crippen molar-refractivity contribution in [3.05, 3.63) is 34.0 Å². The van der Waals surface area contributed by atoms with Crippen LogP contribution in [0.15, 0.2) is 24.1 Å². The molecule has 1 heterocycles. The molecule has 0 aromatic carbocycles. The van der Waals surface area contributed by atoms with E-state index in [4.69, 9.17) is 17.4 Å². The van der Waals surface area contributed by atoms with Crippen molar-refractivity contribution in [3.8, 4) is 0 Å². The summed E-state index contributed by atoms with van der Waals surface area (Å²) in [6.45, 7) is 3.69. The van der Waals surface area contributed by atoms with Crippen LogP contribution in [0.1, 0.15) is 30.2 Å². The second kappa shape index (κ2) is 6.19. The van der Waals surface area contributed by atoms with Gasteiger partial charge in [0, 0.05) is 4.88 Å². The first-order valence-corrected chi connectivity index (χ1v) is 5.85.